The van der Waals surface area contributed by atoms with Crippen LogP contribution < -0.4 is 9.64 Å². The van der Waals surface area contributed by atoms with Crippen molar-refractivity contribution < 1.29 is 18.3 Å². The molecule has 0 N–H and O–H groups in total. The Morgan fingerprint density at radius 1 is 1.09 bits per heavy atom. The summed E-state index contributed by atoms with van der Waals surface area (Å²) in [5, 5.41) is 0.242. The summed E-state index contributed by atoms with van der Waals surface area (Å²) < 4.78 is 33.0. The Bertz CT molecular complexity index is 1270. The molecule has 2 aliphatic heterocycles. The van der Waals surface area contributed by atoms with Gasteiger partial charge in [0.2, 0.25) is 5.91 Å². The molecule has 0 unspecified atom stereocenters. The standard InChI is InChI=1S/C24H23ClF2N6O2/c1-14(34)33-9-6-18-20(13-33)30-23(19-11-28-12-22(25)29-19)24(31-18)32-7-4-16(5-8-32)35-21-3-2-15(26)10-17(21)27/h2-3,10-12,16H,4-9,13H2,1H3. The van der Waals surface area contributed by atoms with Gasteiger partial charge in [0, 0.05) is 51.9 Å². The van der Waals surface area contributed by atoms with Crippen LogP contribution in [0.15, 0.2) is 30.6 Å². The number of ether oxygens (including phenoxy) is 1. The highest BCUT2D eigenvalue weighted by Crippen LogP contribution is 2.32. The molecule has 0 bridgehead atoms. The van der Waals surface area contributed by atoms with Gasteiger partial charge in [0.25, 0.3) is 0 Å². The summed E-state index contributed by atoms with van der Waals surface area (Å²) in [4.78, 5) is 34.1. The third-order valence-electron chi connectivity index (χ3n) is 6.21. The van der Waals surface area contributed by atoms with Gasteiger partial charge in [-0.1, -0.05) is 11.6 Å². The van der Waals surface area contributed by atoms with E-state index in [9.17, 15) is 13.6 Å². The van der Waals surface area contributed by atoms with E-state index < -0.39 is 11.6 Å². The van der Waals surface area contributed by atoms with Crippen molar-refractivity contribution >= 4 is 23.3 Å². The Labute approximate surface area is 205 Å². The maximum absolute atomic E-state index is 14.0. The van der Waals surface area contributed by atoms with Crippen LogP contribution in [0.3, 0.4) is 0 Å². The average Bonchev–Trinajstić information content (AvgIpc) is 2.85. The van der Waals surface area contributed by atoms with E-state index in [0.29, 0.717) is 62.6 Å². The van der Waals surface area contributed by atoms with Crippen molar-refractivity contribution in [1.29, 1.82) is 0 Å². The molecule has 1 fully saturated rings. The van der Waals surface area contributed by atoms with Gasteiger partial charge in [-0.25, -0.2) is 23.7 Å². The zero-order chi connectivity index (χ0) is 24.5. The molecule has 1 saturated heterocycles. The third-order valence-corrected chi connectivity index (χ3v) is 6.40. The number of aromatic nitrogens is 4. The number of benzene rings is 1. The van der Waals surface area contributed by atoms with Gasteiger partial charge in [-0.15, -0.1) is 0 Å². The van der Waals surface area contributed by atoms with E-state index >= 15 is 0 Å². The SMILES string of the molecule is CC(=O)N1CCc2nc(N3CCC(Oc4ccc(F)cc4F)CC3)c(-c3cncc(Cl)n3)nc2C1. The molecule has 0 radical (unpaired) electrons. The molecule has 8 nitrogen and oxygen atoms in total. The number of amides is 1. The molecule has 0 spiro atoms. The maximum atomic E-state index is 14.0. The van der Waals surface area contributed by atoms with Crippen LogP contribution in [0.2, 0.25) is 5.15 Å². The molecule has 11 heteroatoms. The number of piperidine rings is 1. The number of hydrogen-bond donors (Lipinski definition) is 0. The van der Waals surface area contributed by atoms with Gasteiger partial charge in [0.15, 0.2) is 17.4 Å². The lowest BCUT2D eigenvalue weighted by atomic mass is 10.1. The normalized spacial score (nSPS) is 16.2. The molecule has 0 atom stereocenters. The lowest BCUT2D eigenvalue weighted by Gasteiger charge is -2.35. The Balaban J connectivity index is 1.40. The first kappa shape index (κ1) is 23.3. The molecule has 0 saturated carbocycles. The Kier molecular flexibility index (Phi) is 6.46. The molecule has 35 heavy (non-hydrogen) atoms. The summed E-state index contributed by atoms with van der Waals surface area (Å²) in [5.41, 5.74) is 2.63. The van der Waals surface area contributed by atoms with Gasteiger partial charge < -0.3 is 14.5 Å². The Morgan fingerprint density at radius 2 is 1.89 bits per heavy atom. The fourth-order valence-electron chi connectivity index (χ4n) is 4.38. The number of hydrogen-bond acceptors (Lipinski definition) is 7. The van der Waals surface area contributed by atoms with Gasteiger partial charge in [-0.05, 0) is 12.1 Å². The van der Waals surface area contributed by atoms with Crippen LogP contribution in [0.1, 0.15) is 31.2 Å². The van der Waals surface area contributed by atoms with Gasteiger partial charge in [-0.3, -0.25) is 9.78 Å². The minimum Gasteiger partial charge on any atom is -0.487 e. The quantitative estimate of drug-likeness (QED) is 0.538. The van der Waals surface area contributed by atoms with Gasteiger partial charge in [0.1, 0.15) is 28.5 Å². The molecule has 4 heterocycles. The molecular formula is C24H23ClF2N6O2. The predicted octanol–water partition coefficient (Wildman–Crippen LogP) is 3.82. The maximum Gasteiger partial charge on any atom is 0.219 e. The lowest BCUT2D eigenvalue weighted by Crippen LogP contribution is -2.40. The monoisotopic (exact) mass is 500 g/mol. The number of halogens is 3. The van der Waals surface area contributed by atoms with Crippen molar-refractivity contribution in [2.45, 2.75) is 38.8 Å². The second-order valence-corrected chi connectivity index (χ2v) is 8.97. The summed E-state index contributed by atoms with van der Waals surface area (Å²) in [7, 11) is 0. The highest BCUT2D eigenvalue weighted by atomic mass is 35.5. The van der Waals surface area contributed by atoms with Crippen LogP contribution in [0, 0.1) is 11.6 Å². The van der Waals surface area contributed by atoms with Crippen molar-refractivity contribution in [3.8, 4) is 17.1 Å². The van der Waals surface area contributed by atoms with Crippen LogP contribution in [0.25, 0.3) is 11.4 Å². The fourth-order valence-corrected chi connectivity index (χ4v) is 4.52. The Hall–Kier alpha value is -3.40. The Morgan fingerprint density at radius 3 is 2.60 bits per heavy atom. The first-order valence-electron chi connectivity index (χ1n) is 11.4. The fraction of sp³-hybridized carbons (Fsp3) is 0.375. The van der Waals surface area contributed by atoms with E-state index in [1.54, 1.807) is 18.0 Å². The largest absolute Gasteiger partial charge is 0.487 e. The minimum absolute atomic E-state index is 0.00899. The average molecular weight is 501 g/mol. The summed E-state index contributed by atoms with van der Waals surface area (Å²) in [6.07, 6.45) is 4.67. The topological polar surface area (TPSA) is 84.3 Å². The van der Waals surface area contributed by atoms with Crippen LogP contribution in [0.5, 0.6) is 5.75 Å². The molecule has 182 valence electrons. The van der Waals surface area contributed by atoms with E-state index in [1.165, 1.54) is 18.3 Å². The van der Waals surface area contributed by atoms with E-state index in [-0.39, 0.29) is 22.9 Å². The van der Waals surface area contributed by atoms with Crippen molar-refractivity contribution in [1.82, 2.24) is 24.8 Å². The summed E-state index contributed by atoms with van der Waals surface area (Å²) >= 11 is 6.10. The molecule has 2 aromatic heterocycles. The highest BCUT2D eigenvalue weighted by molar-refractivity contribution is 6.29. The summed E-state index contributed by atoms with van der Waals surface area (Å²) in [6.45, 7) is 3.72. The van der Waals surface area contributed by atoms with Crippen LogP contribution in [-0.2, 0) is 17.8 Å². The number of carbonyl (C=O) groups is 1. The van der Waals surface area contributed by atoms with E-state index in [1.807, 2.05) is 0 Å². The van der Waals surface area contributed by atoms with Gasteiger partial charge in [-0.2, -0.15) is 0 Å². The number of fused-ring (bicyclic) bond motifs is 1. The van der Waals surface area contributed by atoms with Crippen LogP contribution in [0.4, 0.5) is 14.6 Å². The first-order chi connectivity index (χ1) is 16.9. The molecule has 3 aromatic rings. The van der Waals surface area contributed by atoms with Crippen molar-refractivity contribution in [3.63, 3.8) is 0 Å². The highest BCUT2D eigenvalue weighted by Gasteiger charge is 2.29. The summed E-state index contributed by atoms with van der Waals surface area (Å²) in [6, 6.07) is 3.31. The first-order valence-corrected chi connectivity index (χ1v) is 11.7. The van der Waals surface area contributed by atoms with Gasteiger partial charge >= 0.3 is 0 Å². The van der Waals surface area contributed by atoms with Crippen LogP contribution >= 0.6 is 11.6 Å². The second-order valence-electron chi connectivity index (χ2n) is 8.59. The lowest BCUT2D eigenvalue weighted by molar-refractivity contribution is -0.129. The molecule has 1 amide bonds. The van der Waals surface area contributed by atoms with Crippen molar-refractivity contribution in [2.75, 3.05) is 24.5 Å². The molecule has 0 aliphatic carbocycles. The predicted molar refractivity (Wildman–Crippen MR) is 125 cm³/mol. The number of rotatable bonds is 4. The molecule has 5 rings (SSSR count). The molecular weight excluding hydrogens is 478 g/mol. The van der Waals surface area contributed by atoms with E-state index in [4.69, 9.17) is 26.3 Å². The number of nitrogens with zero attached hydrogens (tertiary/aromatic N) is 6. The van der Waals surface area contributed by atoms with Gasteiger partial charge in [0.05, 0.1) is 30.3 Å². The molecule has 2 aliphatic rings. The van der Waals surface area contributed by atoms with E-state index in [2.05, 4.69) is 14.9 Å². The van der Waals surface area contributed by atoms with Crippen molar-refractivity contribution in [3.05, 3.63) is 58.8 Å². The number of anilines is 1. The third kappa shape index (κ3) is 5.02. The van der Waals surface area contributed by atoms with Crippen LogP contribution in [-0.4, -0.2) is 56.5 Å². The van der Waals surface area contributed by atoms with Crippen molar-refractivity contribution in [2.24, 2.45) is 0 Å². The molecule has 1 aromatic carbocycles. The second kappa shape index (κ2) is 9.69. The zero-order valence-electron chi connectivity index (χ0n) is 19.0. The van der Waals surface area contributed by atoms with E-state index in [0.717, 1.165) is 17.5 Å². The zero-order valence-corrected chi connectivity index (χ0v) is 19.8. The smallest absolute Gasteiger partial charge is 0.219 e. The number of carbonyl (C=O) groups excluding carboxylic acids is 1. The summed E-state index contributed by atoms with van der Waals surface area (Å²) in [5.74, 6) is -0.648. The minimum atomic E-state index is -0.714.